The zero-order valence-electron chi connectivity index (χ0n) is 14.9. The molecule has 0 bridgehead atoms. The highest BCUT2D eigenvalue weighted by Crippen LogP contribution is 2.26. The molecule has 26 heavy (non-hydrogen) atoms. The number of amides is 3. The summed E-state index contributed by atoms with van der Waals surface area (Å²) in [4.78, 5) is 26.1. The summed E-state index contributed by atoms with van der Waals surface area (Å²) >= 11 is 5.89. The summed E-state index contributed by atoms with van der Waals surface area (Å²) in [5.74, 6) is 0.150. The lowest BCUT2D eigenvalue weighted by atomic mass is 10.1. The van der Waals surface area contributed by atoms with Crippen LogP contribution in [-0.4, -0.2) is 25.0 Å². The van der Waals surface area contributed by atoms with E-state index in [0.29, 0.717) is 24.5 Å². The second kappa shape index (κ2) is 7.79. The Morgan fingerprint density at radius 1 is 1.15 bits per heavy atom. The van der Waals surface area contributed by atoms with Crippen LogP contribution in [-0.2, 0) is 4.79 Å². The molecule has 0 aromatic heterocycles. The van der Waals surface area contributed by atoms with Gasteiger partial charge in [-0.2, -0.15) is 0 Å². The quantitative estimate of drug-likeness (QED) is 0.848. The van der Waals surface area contributed by atoms with Crippen LogP contribution in [0.25, 0.3) is 0 Å². The molecule has 1 fully saturated rings. The van der Waals surface area contributed by atoms with Crippen molar-refractivity contribution in [2.75, 3.05) is 23.3 Å². The SMILES string of the molecule is Cc1ccc(NC(=O)NCC2CC(=O)N(c3ccc(Cl)cc3)C2)cc1C. The average molecular weight is 372 g/mol. The van der Waals surface area contributed by atoms with Crippen LogP contribution >= 0.6 is 11.6 Å². The molecule has 0 radical (unpaired) electrons. The molecule has 3 rings (SSSR count). The highest BCUT2D eigenvalue weighted by molar-refractivity contribution is 6.30. The van der Waals surface area contributed by atoms with Crippen LogP contribution < -0.4 is 15.5 Å². The number of aryl methyl sites for hydroxylation is 2. The van der Waals surface area contributed by atoms with E-state index < -0.39 is 0 Å². The largest absolute Gasteiger partial charge is 0.338 e. The maximum absolute atomic E-state index is 12.2. The molecule has 1 atom stereocenters. The monoisotopic (exact) mass is 371 g/mol. The maximum Gasteiger partial charge on any atom is 0.319 e. The number of hydrogen-bond acceptors (Lipinski definition) is 2. The fraction of sp³-hybridized carbons (Fsp3) is 0.300. The third kappa shape index (κ3) is 4.35. The molecule has 2 aromatic rings. The number of anilines is 2. The fourth-order valence-electron chi connectivity index (χ4n) is 3.02. The van der Waals surface area contributed by atoms with Crippen LogP contribution in [0.5, 0.6) is 0 Å². The van der Waals surface area contributed by atoms with Crippen LogP contribution in [0.3, 0.4) is 0 Å². The molecule has 6 heteroatoms. The van der Waals surface area contributed by atoms with Gasteiger partial charge in [-0.1, -0.05) is 17.7 Å². The molecule has 0 saturated carbocycles. The molecule has 1 saturated heterocycles. The molecule has 0 aliphatic carbocycles. The van der Waals surface area contributed by atoms with Crippen molar-refractivity contribution in [2.24, 2.45) is 5.92 Å². The van der Waals surface area contributed by atoms with E-state index in [4.69, 9.17) is 11.6 Å². The van der Waals surface area contributed by atoms with Gasteiger partial charge in [-0.15, -0.1) is 0 Å². The number of nitrogens with one attached hydrogen (secondary N) is 2. The maximum atomic E-state index is 12.2. The van der Waals surface area contributed by atoms with Crippen LogP contribution in [0.4, 0.5) is 16.2 Å². The highest BCUT2D eigenvalue weighted by Gasteiger charge is 2.30. The van der Waals surface area contributed by atoms with Crippen LogP contribution in [0.2, 0.25) is 5.02 Å². The predicted octanol–water partition coefficient (Wildman–Crippen LogP) is 4.13. The molecule has 1 aliphatic rings. The predicted molar refractivity (Wildman–Crippen MR) is 105 cm³/mol. The van der Waals surface area contributed by atoms with E-state index in [1.807, 2.05) is 44.2 Å². The lowest BCUT2D eigenvalue weighted by molar-refractivity contribution is -0.117. The molecule has 2 aromatic carbocycles. The van der Waals surface area contributed by atoms with E-state index in [9.17, 15) is 9.59 Å². The lowest BCUT2D eigenvalue weighted by Gasteiger charge is -2.17. The molecule has 136 valence electrons. The van der Waals surface area contributed by atoms with Crippen molar-refractivity contribution in [2.45, 2.75) is 20.3 Å². The van der Waals surface area contributed by atoms with Crippen molar-refractivity contribution in [3.8, 4) is 0 Å². The second-order valence-electron chi connectivity index (χ2n) is 6.68. The van der Waals surface area contributed by atoms with Gasteiger partial charge in [0.2, 0.25) is 5.91 Å². The van der Waals surface area contributed by atoms with E-state index in [-0.39, 0.29) is 17.9 Å². The zero-order valence-corrected chi connectivity index (χ0v) is 15.6. The second-order valence-corrected chi connectivity index (χ2v) is 7.12. The van der Waals surface area contributed by atoms with Gasteiger partial charge >= 0.3 is 6.03 Å². The van der Waals surface area contributed by atoms with E-state index in [2.05, 4.69) is 10.6 Å². The number of carbonyl (C=O) groups is 2. The van der Waals surface area contributed by atoms with Gasteiger partial charge in [0, 0.05) is 41.8 Å². The van der Waals surface area contributed by atoms with E-state index in [1.165, 1.54) is 5.56 Å². The molecule has 1 aliphatic heterocycles. The van der Waals surface area contributed by atoms with Crippen molar-refractivity contribution in [3.05, 3.63) is 58.6 Å². The molecule has 0 spiro atoms. The first-order valence-electron chi connectivity index (χ1n) is 8.60. The van der Waals surface area contributed by atoms with Crippen molar-refractivity contribution >= 4 is 34.9 Å². The Morgan fingerprint density at radius 3 is 2.58 bits per heavy atom. The third-order valence-electron chi connectivity index (χ3n) is 4.66. The molecule has 1 heterocycles. The number of hydrogen-bond donors (Lipinski definition) is 2. The molecular formula is C20H22ClN3O2. The summed E-state index contributed by atoms with van der Waals surface area (Å²) in [5.41, 5.74) is 3.91. The van der Waals surface area contributed by atoms with Gasteiger partial charge in [0.15, 0.2) is 0 Å². The minimum absolute atomic E-state index is 0.0636. The Kier molecular flexibility index (Phi) is 5.47. The molecular weight excluding hydrogens is 350 g/mol. The summed E-state index contributed by atoms with van der Waals surface area (Å²) < 4.78 is 0. The highest BCUT2D eigenvalue weighted by atomic mass is 35.5. The average Bonchev–Trinajstić information content (AvgIpc) is 2.98. The van der Waals surface area contributed by atoms with Crippen molar-refractivity contribution in [1.82, 2.24) is 5.32 Å². The number of nitrogens with zero attached hydrogens (tertiary/aromatic N) is 1. The standard InChI is InChI=1S/C20H22ClN3O2/c1-13-3-6-17(9-14(13)2)23-20(26)22-11-15-10-19(25)24(12-15)18-7-4-16(21)5-8-18/h3-9,15H,10-12H2,1-2H3,(H2,22,23,26). The summed E-state index contributed by atoms with van der Waals surface area (Å²) in [6, 6.07) is 12.7. The lowest BCUT2D eigenvalue weighted by Crippen LogP contribution is -2.34. The van der Waals surface area contributed by atoms with Gasteiger partial charge in [0.1, 0.15) is 0 Å². The zero-order chi connectivity index (χ0) is 18.7. The first-order valence-corrected chi connectivity index (χ1v) is 8.98. The van der Waals surface area contributed by atoms with Crippen LogP contribution in [0.15, 0.2) is 42.5 Å². The number of halogens is 1. The van der Waals surface area contributed by atoms with Gasteiger partial charge in [0.25, 0.3) is 0 Å². The summed E-state index contributed by atoms with van der Waals surface area (Å²) in [6.45, 7) is 5.08. The normalized spacial score (nSPS) is 16.7. The first kappa shape index (κ1) is 18.3. The Labute approximate surface area is 158 Å². The minimum Gasteiger partial charge on any atom is -0.338 e. The topological polar surface area (TPSA) is 61.4 Å². The molecule has 2 N–H and O–H groups in total. The molecule has 1 unspecified atom stereocenters. The van der Waals surface area contributed by atoms with Gasteiger partial charge in [-0.05, 0) is 61.4 Å². The van der Waals surface area contributed by atoms with E-state index in [1.54, 1.807) is 17.0 Å². The number of rotatable bonds is 4. The van der Waals surface area contributed by atoms with Crippen molar-refractivity contribution in [3.63, 3.8) is 0 Å². The third-order valence-corrected chi connectivity index (χ3v) is 4.91. The summed E-state index contributed by atoms with van der Waals surface area (Å²) in [7, 11) is 0. The minimum atomic E-state index is -0.259. The number of benzene rings is 2. The van der Waals surface area contributed by atoms with Crippen LogP contribution in [0.1, 0.15) is 17.5 Å². The Balaban J connectivity index is 1.52. The Hall–Kier alpha value is -2.53. The van der Waals surface area contributed by atoms with Crippen molar-refractivity contribution in [1.29, 1.82) is 0 Å². The van der Waals surface area contributed by atoms with E-state index >= 15 is 0 Å². The summed E-state index contributed by atoms with van der Waals surface area (Å²) in [6.07, 6.45) is 0.423. The van der Waals surface area contributed by atoms with Crippen molar-refractivity contribution < 1.29 is 9.59 Å². The first-order chi connectivity index (χ1) is 12.4. The number of urea groups is 1. The van der Waals surface area contributed by atoms with Gasteiger partial charge < -0.3 is 15.5 Å². The van der Waals surface area contributed by atoms with Gasteiger partial charge in [-0.3, -0.25) is 4.79 Å². The smallest absolute Gasteiger partial charge is 0.319 e. The Morgan fingerprint density at radius 2 is 1.88 bits per heavy atom. The van der Waals surface area contributed by atoms with E-state index in [0.717, 1.165) is 16.9 Å². The Bertz CT molecular complexity index is 820. The summed E-state index contributed by atoms with van der Waals surface area (Å²) in [5, 5.41) is 6.33. The number of carbonyl (C=O) groups excluding carboxylic acids is 2. The van der Waals surface area contributed by atoms with Crippen LogP contribution in [0, 0.1) is 19.8 Å². The van der Waals surface area contributed by atoms with Gasteiger partial charge in [0.05, 0.1) is 0 Å². The molecule has 3 amide bonds. The fourth-order valence-corrected chi connectivity index (χ4v) is 3.15. The van der Waals surface area contributed by atoms with Gasteiger partial charge in [-0.25, -0.2) is 4.79 Å². The molecule has 5 nitrogen and oxygen atoms in total.